The van der Waals surface area contributed by atoms with E-state index >= 15 is 0 Å². The number of furan rings is 1. The highest BCUT2D eigenvalue weighted by Crippen LogP contribution is 2.13. The first-order valence-electron chi connectivity index (χ1n) is 9.25. The SMILES string of the molecule is O=C(/C=C/c1ccc(S(=O)(=O)NCc2ccco2)cc1)NNC(=S)Nc1ccccc1F. The predicted molar refractivity (Wildman–Crippen MR) is 122 cm³/mol. The van der Waals surface area contributed by atoms with E-state index in [1.54, 1.807) is 36.4 Å². The lowest BCUT2D eigenvalue weighted by molar-refractivity contribution is -0.116. The summed E-state index contributed by atoms with van der Waals surface area (Å²) in [6, 6.07) is 15.3. The van der Waals surface area contributed by atoms with E-state index in [2.05, 4.69) is 20.9 Å². The maximum atomic E-state index is 13.6. The van der Waals surface area contributed by atoms with Gasteiger partial charge >= 0.3 is 0 Å². The molecule has 1 aromatic heterocycles. The van der Waals surface area contributed by atoms with Crippen LogP contribution in [0.2, 0.25) is 0 Å². The molecule has 4 N–H and O–H groups in total. The summed E-state index contributed by atoms with van der Waals surface area (Å²) in [6.07, 6.45) is 4.19. The Hall–Kier alpha value is -3.54. The molecular weight excluding hydrogens is 455 g/mol. The average Bonchev–Trinajstić information content (AvgIpc) is 3.31. The van der Waals surface area contributed by atoms with Gasteiger partial charge in [-0.25, -0.2) is 17.5 Å². The molecule has 0 aliphatic rings. The molecule has 1 amide bonds. The Kier molecular flexibility index (Phi) is 7.71. The molecule has 0 saturated heterocycles. The molecular formula is C21H19FN4O4S2. The molecule has 0 radical (unpaired) electrons. The molecule has 2 aromatic carbocycles. The number of halogens is 1. The smallest absolute Gasteiger partial charge is 0.262 e. The molecule has 32 heavy (non-hydrogen) atoms. The first-order chi connectivity index (χ1) is 15.3. The van der Waals surface area contributed by atoms with Gasteiger partial charge in [-0.1, -0.05) is 24.3 Å². The summed E-state index contributed by atoms with van der Waals surface area (Å²) in [6.45, 7) is 0.0395. The molecule has 11 heteroatoms. The van der Waals surface area contributed by atoms with Gasteiger partial charge in [-0.15, -0.1) is 0 Å². The van der Waals surface area contributed by atoms with Gasteiger partial charge in [0, 0.05) is 6.08 Å². The summed E-state index contributed by atoms with van der Waals surface area (Å²) < 4.78 is 45.8. The maximum absolute atomic E-state index is 13.6. The normalized spacial score (nSPS) is 11.3. The molecule has 166 valence electrons. The van der Waals surface area contributed by atoms with Crippen molar-refractivity contribution in [3.8, 4) is 0 Å². The Labute approximate surface area is 189 Å². The van der Waals surface area contributed by atoms with Gasteiger partial charge < -0.3 is 9.73 Å². The minimum Gasteiger partial charge on any atom is -0.468 e. The third-order valence-corrected chi connectivity index (χ3v) is 5.68. The number of carbonyl (C=O) groups is 1. The second-order valence-electron chi connectivity index (χ2n) is 6.35. The molecule has 8 nitrogen and oxygen atoms in total. The molecule has 0 fully saturated rings. The van der Waals surface area contributed by atoms with Crippen LogP contribution < -0.4 is 20.9 Å². The summed E-state index contributed by atoms with van der Waals surface area (Å²) in [5, 5.41) is 2.62. The first-order valence-corrected chi connectivity index (χ1v) is 11.1. The summed E-state index contributed by atoms with van der Waals surface area (Å²) in [5.41, 5.74) is 5.58. The van der Waals surface area contributed by atoms with Crippen molar-refractivity contribution in [1.29, 1.82) is 0 Å². The highest BCUT2D eigenvalue weighted by Gasteiger charge is 2.14. The van der Waals surface area contributed by atoms with Gasteiger partial charge in [-0.3, -0.25) is 15.6 Å². The Morgan fingerprint density at radius 1 is 1.03 bits per heavy atom. The number of para-hydroxylation sites is 1. The summed E-state index contributed by atoms with van der Waals surface area (Å²) in [4.78, 5) is 12.0. The maximum Gasteiger partial charge on any atom is 0.262 e. The number of anilines is 1. The number of nitrogens with one attached hydrogen (secondary N) is 4. The van der Waals surface area contributed by atoms with E-state index in [4.69, 9.17) is 16.6 Å². The molecule has 3 aromatic rings. The predicted octanol–water partition coefficient (Wildman–Crippen LogP) is 2.93. The number of carbonyl (C=O) groups excluding carboxylic acids is 1. The molecule has 0 bridgehead atoms. The van der Waals surface area contributed by atoms with Crippen LogP contribution in [-0.2, 0) is 21.4 Å². The number of hydrazine groups is 1. The van der Waals surface area contributed by atoms with Gasteiger partial charge in [0.05, 0.1) is 23.4 Å². The van der Waals surface area contributed by atoms with Crippen molar-refractivity contribution in [1.82, 2.24) is 15.6 Å². The highest BCUT2D eigenvalue weighted by molar-refractivity contribution is 7.89. The molecule has 0 aliphatic carbocycles. The van der Waals surface area contributed by atoms with Crippen LogP contribution in [-0.4, -0.2) is 19.4 Å². The second-order valence-corrected chi connectivity index (χ2v) is 8.53. The van der Waals surface area contributed by atoms with Gasteiger partial charge in [0.1, 0.15) is 11.6 Å². The van der Waals surface area contributed by atoms with Crippen LogP contribution in [0.25, 0.3) is 6.08 Å². The molecule has 0 atom stereocenters. The van der Waals surface area contributed by atoms with E-state index in [9.17, 15) is 17.6 Å². The molecule has 0 aliphatic heterocycles. The van der Waals surface area contributed by atoms with Crippen molar-refractivity contribution in [2.45, 2.75) is 11.4 Å². The lowest BCUT2D eigenvalue weighted by Crippen LogP contribution is -2.43. The summed E-state index contributed by atoms with van der Waals surface area (Å²) >= 11 is 4.99. The standard InChI is InChI=1S/C21H19FN4O4S2/c22-18-5-1-2-6-19(18)24-21(31)26-25-20(27)12-9-15-7-10-17(11-8-15)32(28,29)23-14-16-4-3-13-30-16/h1-13,23H,14H2,(H,25,27)(H2,24,26,31)/b12-9+. The topological polar surface area (TPSA) is 112 Å². The summed E-state index contributed by atoms with van der Waals surface area (Å²) in [7, 11) is -3.70. The number of thiocarbonyl (C=S) groups is 1. The zero-order chi connectivity index (χ0) is 23.0. The van der Waals surface area contributed by atoms with E-state index in [1.807, 2.05) is 0 Å². The lowest BCUT2D eigenvalue weighted by atomic mass is 10.2. The Bertz CT molecular complexity index is 1210. The number of rotatable bonds is 7. The molecule has 0 saturated carbocycles. The van der Waals surface area contributed by atoms with Crippen molar-refractivity contribution in [3.05, 3.63) is 90.1 Å². The lowest BCUT2D eigenvalue weighted by Gasteiger charge is -2.10. The fourth-order valence-electron chi connectivity index (χ4n) is 2.47. The number of benzene rings is 2. The van der Waals surface area contributed by atoms with E-state index in [0.29, 0.717) is 11.3 Å². The Morgan fingerprint density at radius 3 is 2.47 bits per heavy atom. The Balaban J connectivity index is 1.48. The summed E-state index contributed by atoms with van der Waals surface area (Å²) in [5.74, 6) is -0.500. The van der Waals surface area contributed by atoms with Crippen LogP contribution in [0, 0.1) is 5.82 Å². The van der Waals surface area contributed by atoms with Gasteiger partial charge in [0.15, 0.2) is 5.11 Å². The van der Waals surface area contributed by atoms with Crippen molar-refractivity contribution >= 4 is 45.0 Å². The second kappa shape index (κ2) is 10.7. The molecule has 3 rings (SSSR count). The van der Waals surface area contributed by atoms with Gasteiger partial charge in [-0.05, 0) is 60.3 Å². The number of amides is 1. The van der Waals surface area contributed by atoms with E-state index in [1.165, 1.54) is 42.7 Å². The van der Waals surface area contributed by atoms with Crippen molar-refractivity contribution < 1.29 is 22.0 Å². The van der Waals surface area contributed by atoms with E-state index in [-0.39, 0.29) is 22.2 Å². The largest absolute Gasteiger partial charge is 0.468 e. The molecule has 0 spiro atoms. The third-order valence-electron chi connectivity index (χ3n) is 4.06. The minimum absolute atomic E-state index is 0.00783. The monoisotopic (exact) mass is 474 g/mol. The fourth-order valence-corrected chi connectivity index (χ4v) is 3.62. The van der Waals surface area contributed by atoms with Crippen molar-refractivity contribution in [2.75, 3.05) is 5.32 Å². The highest BCUT2D eigenvalue weighted by atomic mass is 32.2. The zero-order valence-corrected chi connectivity index (χ0v) is 18.2. The van der Waals surface area contributed by atoms with Crippen LogP contribution in [0.4, 0.5) is 10.1 Å². The van der Waals surface area contributed by atoms with E-state index in [0.717, 1.165) is 0 Å². The molecule has 1 heterocycles. The number of hydrogen-bond donors (Lipinski definition) is 4. The average molecular weight is 475 g/mol. The van der Waals surface area contributed by atoms with Gasteiger partial charge in [0.2, 0.25) is 10.0 Å². The van der Waals surface area contributed by atoms with E-state index < -0.39 is 21.7 Å². The van der Waals surface area contributed by atoms with Crippen LogP contribution >= 0.6 is 12.2 Å². The number of hydrogen-bond acceptors (Lipinski definition) is 5. The van der Waals surface area contributed by atoms with Crippen molar-refractivity contribution in [2.24, 2.45) is 0 Å². The van der Waals surface area contributed by atoms with Crippen LogP contribution in [0.15, 0.2) is 82.3 Å². The van der Waals surface area contributed by atoms with Gasteiger partial charge in [0.25, 0.3) is 5.91 Å². The zero-order valence-electron chi connectivity index (χ0n) is 16.5. The quantitative estimate of drug-likeness (QED) is 0.237. The minimum atomic E-state index is -3.70. The fraction of sp³-hybridized carbons (Fsp3) is 0.0476. The molecule has 0 unspecified atom stereocenters. The van der Waals surface area contributed by atoms with Crippen LogP contribution in [0.3, 0.4) is 0 Å². The van der Waals surface area contributed by atoms with Crippen molar-refractivity contribution in [3.63, 3.8) is 0 Å². The first kappa shape index (κ1) is 23.1. The number of sulfonamides is 1. The Morgan fingerprint density at radius 2 is 1.78 bits per heavy atom. The van der Waals surface area contributed by atoms with Gasteiger partial charge in [-0.2, -0.15) is 0 Å². The van der Waals surface area contributed by atoms with Crippen LogP contribution in [0.1, 0.15) is 11.3 Å². The van der Waals surface area contributed by atoms with Crippen LogP contribution in [0.5, 0.6) is 0 Å². The third kappa shape index (κ3) is 6.74.